The molecule has 0 N–H and O–H groups in total. The molecule has 0 unspecified atom stereocenters. The van der Waals surface area contributed by atoms with Crippen molar-refractivity contribution in [1.29, 1.82) is 0 Å². The van der Waals surface area contributed by atoms with Gasteiger partial charge in [-0.05, 0) is 34.1 Å². The molecule has 0 bridgehead atoms. The number of allylic oxidation sites excluding steroid dienone is 1. The Morgan fingerprint density at radius 3 is 2.38 bits per heavy atom. The van der Waals surface area contributed by atoms with E-state index in [-0.39, 0.29) is 17.3 Å². The van der Waals surface area contributed by atoms with Crippen LogP contribution < -0.4 is 0 Å². The van der Waals surface area contributed by atoms with Crippen LogP contribution in [0.1, 0.15) is 41.0 Å². The standard InChI is InChI=1S/C11H18O2/c1-6-9-10(7(2)12)8(3)13-11(9,4)5/h9H,6H2,1-5H3/t9-/m1/s1. The summed E-state index contributed by atoms with van der Waals surface area (Å²) >= 11 is 0. The molecule has 1 atom stereocenters. The van der Waals surface area contributed by atoms with Gasteiger partial charge in [-0.15, -0.1) is 0 Å². The molecule has 2 nitrogen and oxygen atoms in total. The molecular weight excluding hydrogens is 164 g/mol. The Bertz CT molecular complexity index is 261. The fraction of sp³-hybridized carbons (Fsp3) is 0.727. The molecule has 0 aromatic rings. The first-order valence-electron chi connectivity index (χ1n) is 4.81. The van der Waals surface area contributed by atoms with Crippen LogP contribution in [0.3, 0.4) is 0 Å². The molecule has 1 aliphatic heterocycles. The number of carbonyl (C=O) groups excluding carboxylic acids is 1. The van der Waals surface area contributed by atoms with Crippen molar-refractivity contribution in [2.45, 2.75) is 46.6 Å². The van der Waals surface area contributed by atoms with Gasteiger partial charge in [-0.3, -0.25) is 4.79 Å². The topological polar surface area (TPSA) is 26.3 Å². The highest BCUT2D eigenvalue weighted by molar-refractivity contribution is 5.94. The molecule has 13 heavy (non-hydrogen) atoms. The summed E-state index contributed by atoms with van der Waals surface area (Å²) in [6.07, 6.45) is 0.958. The van der Waals surface area contributed by atoms with Crippen molar-refractivity contribution in [2.24, 2.45) is 5.92 Å². The largest absolute Gasteiger partial charge is 0.491 e. The average Bonchev–Trinajstić information content (AvgIpc) is 2.18. The molecule has 0 aliphatic carbocycles. The maximum atomic E-state index is 11.4. The first kappa shape index (κ1) is 10.3. The van der Waals surface area contributed by atoms with Crippen LogP contribution in [-0.4, -0.2) is 11.4 Å². The van der Waals surface area contributed by atoms with Crippen molar-refractivity contribution in [1.82, 2.24) is 0 Å². The van der Waals surface area contributed by atoms with Gasteiger partial charge in [0, 0.05) is 11.5 Å². The Morgan fingerprint density at radius 2 is 2.08 bits per heavy atom. The Morgan fingerprint density at radius 1 is 1.54 bits per heavy atom. The summed E-state index contributed by atoms with van der Waals surface area (Å²) in [5.74, 6) is 1.21. The average molecular weight is 182 g/mol. The zero-order valence-electron chi connectivity index (χ0n) is 9.10. The van der Waals surface area contributed by atoms with E-state index in [1.54, 1.807) is 6.92 Å². The summed E-state index contributed by atoms with van der Waals surface area (Å²) in [6, 6.07) is 0. The Hall–Kier alpha value is -0.790. The van der Waals surface area contributed by atoms with Crippen molar-refractivity contribution in [3.05, 3.63) is 11.3 Å². The van der Waals surface area contributed by atoms with Gasteiger partial charge in [0.15, 0.2) is 5.78 Å². The third-order valence-electron chi connectivity index (χ3n) is 2.77. The SMILES string of the molecule is CC[C@@H]1C(C(C)=O)=C(C)OC1(C)C. The molecule has 0 aromatic carbocycles. The van der Waals surface area contributed by atoms with Crippen LogP contribution in [0.5, 0.6) is 0 Å². The fourth-order valence-corrected chi connectivity index (χ4v) is 2.30. The quantitative estimate of drug-likeness (QED) is 0.656. The number of Topliss-reactive ketones (excluding diaryl/α,β-unsaturated/α-hetero) is 1. The Balaban J connectivity index is 3.05. The molecule has 0 amide bonds. The van der Waals surface area contributed by atoms with Crippen LogP contribution >= 0.6 is 0 Å². The zero-order chi connectivity index (χ0) is 10.2. The molecule has 74 valence electrons. The number of hydrogen-bond acceptors (Lipinski definition) is 2. The van der Waals surface area contributed by atoms with Crippen molar-refractivity contribution >= 4 is 5.78 Å². The summed E-state index contributed by atoms with van der Waals surface area (Å²) in [6.45, 7) is 9.68. The lowest BCUT2D eigenvalue weighted by Gasteiger charge is -2.26. The number of ketones is 1. The number of ether oxygens (including phenoxy) is 1. The van der Waals surface area contributed by atoms with Gasteiger partial charge >= 0.3 is 0 Å². The molecule has 0 aromatic heterocycles. The molecular formula is C11H18O2. The third kappa shape index (κ3) is 1.62. The first-order chi connectivity index (χ1) is 5.90. The zero-order valence-corrected chi connectivity index (χ0v) is 9.10. The third-order valence-corrected chi connectivity index (χ3v) is 2.77. The Labute approximate surface area is 80.0 Å². The van der Waals surface area contributed by atoms with E-state index in [1.807, 2.05) is 20.8 Å². The van der Waals surface area contributed by atoms with E-state index in [2.05, 4.69) is 6.92 Å². The van der Waals surface area contributed by atoms with Crippen LogP contribution in [0.2, 0.25) is 0 Å². The first-order valence-corrected chi connectivity index (χ1v) is 4.81. The van der Waals surface area contributed by atoms with Crippen molar-refractivity contribution < 1.29 is 9.53 Å². The van der Waals surface area contributed by atoms with Gasteiger partial charge in [0.05, 0.1) is 0 Å². The highest BCUT2D eigenvalue weighted by Gasteiger charge is 2.41. The van der Waals surface area contributed by atoms with Crippen molar-refractivity contribution in [3.63, 3.8) is 0 Å². The van der Waals surface area contributed by atoms with Crippen LogP contribution in [-0.2, 0) is 9.53 Å². The van der Waals surface area contributed by atoms with E-state index in [0.29, 0.717) is 0 Å². The predicted octanol–water partition coefficient (Wildman–Crippen LogP) is 2.68. The second-order valence-corrected chi connectivity index (χ2v) is 4.19. The van der Waals surface area contributed by atoms with E-state index in [9.17, 15) is 4.79 Å². The highest BCUT2D eigenvalue weighted by Crippen LogP contribution is 2.41. The fourth-order valence-electron chi connectivity index (χ4n) is 2.30. The summed E-state index contributed by atoms with van der Waals surface area (Å²) < 4.78 is 5.68. The maximum absolute atomic E-state index is 11.4. The van der Waals surface area contributed by atoms with E-state index in [4.69, 9.17) is 4.74 Å². The minimum Gasteiger partial charge on any atom is -0.491 e. The van der Waals surface area contributed by atoms with E-state index >= 15 is 0 Å². The van der Waals surface area contributed by atoms with Gasteiger partial charge in [0.1, 0.15) is 11.4 Å². The lowest BCUT2D eigenvalue weighted by Crippen LogP contribution is -2.30. The molecule has 0 saturated carbocycles. The lowest BCUT2D eigenvalue weighted by molar-refractivity contribution is -0.114. The van der Waals surface area contributed by atoms with Crippen LogP contribution in [0.25, 0.3) is 0 Å². The molecule has 0 fully saturated rings. The van der Waals surface area contributed by atoms with Crippen LogP contribution in [0, 0.1) is 5.92 Å². The number of carbonyl (C=O) groups is 1. The van der Waals surface area contributed by atoms with Gasteiger partial charge in [0.2, 0.25) is 0 Å². The van der Waals surface area contributed by atoms with E-state index in [0.717, 1.165) is 17.8 Å². The molecule has 1 heterocycles. The van der Waals surface area contributed by atoms with E-state index < -0.39 is 0 Å². The highest BCUT2D eigenvalue weighted by atomic mass is 16.5. The van der Waals surface area contributed by atoms with Gasteiger partial charge < -0.3 is 4.74 Å². The second-order valence-electron chi connectivity index (χ2n) is 4.19. The molecule has 1 aliphatic rings. The minimum absolute atomic E-state index is 0.148. The predicted molar refractivity (Wildman–Crippen MR) is 52.3 cm³/mol. The summed E-state index contributed by atoms with van der Waals surface area (Å²) in [5.41, 5.74) is 0.673. The molecule has 0 radical (unpaired) electrons. The summed E-state index contributed by atoms with van der Waals surface area (Å²) in [5, 5.41) is 0. The maximum Gasteiger partial charge on any atom is 0.159 e. The molecule has 0 spiro atoms. The molecule has 0 saturated heterocycles. The van der Waals surface area contributed by atoms with Crippen molar-refractivity contribution in [3.8, 4) is 0 Å². The van der Waals surface area contributed by atoms with Gasteiger partial charge in [-0.25, -0.2) is 0 Å². The number of hydrogen-bond donors (Lipinski definition) is 0. The second kappa shape index (κ2) is 3.17. The van der Waals surface area contributed by atoms with Gasteiger partial charge in [-0.1, -0.05) is 6.92 Å². The van der Waals surface area contributed by atoms with Crippen molar-refractivity contribution in [2.75, 3.05) is 0 Å². The normalized spacial score (nSPS) is 26.1. The lowest BCUT2D eigenvalue weighted by atomic mass is 9.83. The van der Waals surface area contributed by atoms with Crippen LogP contribution in [0.15, 0.2) is 11.3 Å². The monoisotopic (exact) mass is 182 g/mol. The Kier molecular flexibility index (Phi) is 2.51. The number of rotatable bonds is 2. The van der Waals surface area contributed by atoms with Gasteiger partial charge in [0.25, 0.3) is 0 Å². The van der Waals surface area contributed by atoms with Gasteiger partial charge in [-0.2, -0.15) is 0 Å². The minimum atomic E-state index is -0.208. The van der Waals surface area contributed by atoms with E-state index in [1.165, 1.54) is 0 Å². The summed E-state index contributed by atoms with van der Waals surface area (Å²) in [4.78, 5) is 11.4. The molecule has 2 heteroatoms. The van der Waals surface area contributed by atoms with Crippen LogP contribution in [0.4, 0.5) is 0 Å². The summed E-state index contributed by atoms with van der Waals surface area (Å²) in [7, 11) is 0. The molecule has 1 rings (SSSR count). The smallest absolute Gasteiger partial charge is 0.159 e.